The highest BCUT2D eigenvalue weighted by Crippen LogP contribution is 2.40. The molecule has 0 unspecified atom stereocenters. The number of aromatic nitrogens is 1. The Hall–Kier alpha value is -1.10. The van der Waals surface area contributed by atoms with E-state index in [4.69, 9.17) is 5.11 Å². The summed E-state index contributed by atoms with van der Waals surface area (Å²) < 4.78 is 0. The molecule has 1 heterocycles. The van der Waals surface area contributed by atoms with Crippen molar-refractivity contribution in [1.82, 2.24) is 4.98 Å². The molecule has 1 fully saturated rings. The number of carboxylic acids is 1. The largest absolute Gasteiger partial charge is 0.480 e. The van der Waals surface area contributed by atoms with E-state index in [1.165, 1.54) is 11.3 Å². The lowest BCUT2D eigenvalue weighted by molar-refractivity contribution is -0.138. The van der Waals surface area contributed by atoms with E-state index >= 15 is 0 Å². The molecular formula is C9H12N2O2S. The third-order valence-corrected chi connectivity index (χ3v) is 3.52. The zero-order chi connectivity index (χ0) is 10.3. The van der Waals surface area contributed by atoms with E-state index in [-0.39, 0.29) is 0 Å². The van der Waals surface area contributed by atoms with Crippen molar-refractivity contribution < 1.29 is 9.90 Å². The SMILES string of the molecule is Cc1nc(NC2(C(=O)O)CC2)sc1C. The number of rotatable bonds is 3. The maximum Gasteiger partial charge on any atom is 0.329 e. The molecule has 0 amide bonds. The fourth-order valence-corrected chi connectivity index (χ4v) is 2.16. The molecule has 2 rings (SSSR count). The third kappa shape index (κ3) is 1.48. The minimum Gasteiger partial charge on any atom is -0.480 e. The monoisotopic (exact) mass is 212 g/mol. The molecule has 1 aliphatic carbocycles. The first-order valence-corrected chi connectivity index (χ1v) is 5.31. The van der Waals surface area contributed by atoms with Crippen LogP contribution >= 0.6 is 11.3 Å². The maximum absolute atomic E-state index is 10.9. The van der Waals surface area contributed by atoms with E-state index in [1.54, 1.807) is 0 Å². The van der Waals surface area contributed by atoms with Gasteiger partial charge in [-0.15, -0.1) is 11.3 Å². The predicted molar refractivity (Wildman–Crippen MR) is 54.8 cm³/mol. The van der Waals surface area contributed by atoms with E-state index in [0.29, 0.717) is 12.8 Å². The van der Waals surface area contributed by atoms with E-state index < -0.39 is 11.5 Å². The number of carboxylic acid groups (broad SMARTS) is 1. The van der Waals surface area contributed by atoms with E-state index in [0.717, 1.165) is 15.7 Å². The minimum atomic E-state index is -0.775. The second kappa shape index (κ2) is 2.95. The van der Waals surface area contributed by atoms with Crippen LogP contribution in [0.25, 0.3) is 0 Å². The first-order chi connectivity index (χ1) is 6.53. The van der Waals surface area contributed by atoms with E-state index in [2.05, 4.69) is 10.3 Å². The first-order valence-electron chi connectivity index (χ1n) is 4.49. The van der Waals surface area contributed by atoms with Gasteiger partial charge in [0.1, 0.15) is 5.54 Å². The van der Waals surface area contributed by atoms with Crippen LogP contribution in [-0.2, 0) is 4.79 Å². The number of nitrogens with zero attached hydrogens (tertiary/aromatic N) is 1. The van der Waals surface area contributed by atoms with Gasteiger partial charge in [0, 0.05) is 4.88 Å². The summed E-state index contributed by atoms with van der Waals surface area (Å²) >= 11 is 1.51. The molecule has 4 nitrogen and oxygen atoms in total. The fraction of sp³-hybridized carbons (Fsp3) is 0.556. The van der Waals surface area contributed by atoms with Crippen LogP contribution in [0.4, 0.5) is 5.13 Å². The zero-order valence-corrected chi connectivity index (χ0v) is 8.94. The van der Waals surface area contributed by atoms with Crippen LogP contribution in [-0.4, -0.2) is 21.6 Å². The van der Waals surface area contributed by atoms with Crippen molar-refractivity contribution in [2.75, 3.05) is 5.32 Å². The minimum absolute atomic E-state index is 0.694. The summed E-state index contributed by atoms with van der Waals surface area (Å²) in [7, 11) is 0. The molecule has 76 valence electrons. The molecule has 2 N–H and O–H groups in total. The Labute approximate surface area is 86.0 Å². The molecule has 0 aliphatic heterocycles. The molecule has 1 saturated carbocycles. The number of carbonyl (C=O) groups is 1. The van der Waals surface area contributed by atoms with E-state index in [9.17, 15) is 4.79 Å². The van der Waals surface area contributed by atoms with Crippen LogP contribution in [0, 0.1) is 13.8 Å². The Balaban J connectivity index is 2.15. The molecule has 1 aromatic rings. The van der Waals surface area contributed by atoms with Crippen LogP contribution in [0.2, 0.25) is 0 Å². The molecule has 0 aromatic carbocycles. The normalized spacial score (nSPS) is 17.9. The Morgan fingerprint density at radius 2 is 2.21 bits per heavy atom. The van der Waals surface area contributed by atoms with Gasteiger partial charge in [0.25, 0.3) is 0 Å². The van der Waals surface area contributed by atoms with Gasteiger partial charge in [-0.1, -0.05) is 0 Å². The Morgan fingerprint density at radius 1 is 1.57 bits per heavy atom. The maximum atomic E-state index is 10.9. The summed E-state index contributed by atoms with van der Waals surface area (Å²) in [5.74, 6) is -0.775. The topological polar surface area (TPSA) is 62.2 Å². The van der Waals surface area contributed by atoms with Gasteiger partial charge in [-0.2, -0.15) is 0 Å². The molecule has 0 saturated heterocycles. The molecule has 0 spiro atoms. The van der Waals surface area contributed by atoms with Crippen LogP contribution < -0.4 is 5.32 Å². The molecule has 0 bridgehead atoms. The smallest absolute Gasteiger partial charge is 0.329 e. The van der Waals surface area contributed by atoms with Gasteiger partial charge in [0.2, 0.25) is 0 Å². The standard InChI is InChI=1S/C9H12N2O2S/c1-5-6(2)14-8(10-5)11-9(3-4-9)7(12)13/h3-4H2,1-2H3,(H,10,11)(H,12,13). The van der Waals surface area contributed by atoms with Crippen LogP contribution in [0.15, 0.2) is 0 Å². The van der Waals surface area contributed by atoms with Crippen LogP contribution in [0.1, 0.15) is 23.4 Å². The Morgan fingerprint density at radius 3 is 2.57 bits per heavy atom. The van der Waals surface area contributed by atoms with Crippen molar-refractivity contribution in [3.05, 3.63) is 10.6 Å². The Kier molecular flexibility index (Phi) is 1.99. The lowest BCUT2D eigenvalue weighted by Crippen LogP contribution is -2.31. The lowest BCUT2D eigenvalue weighted by Gasteiger charge is -2.09. The molecule has 0 atom stereocenters. The summed E-state index contributed by atoms with van der Waals surface area (Å²) in [4.78, 5) is 16.3. The second-order valence-electron chi connectivity index (χ2n) is 3.67. The molecule has 0 radical (unpaired) electrons. The summed E-state index contributed by atoms with van der Waals surface area (Å²) in [6.07, 6.45) is 1.39. The van der Waals surface area contributed by atoms with E-state index in [1.807, 2.05) is 13.8 Å². The average molecular weight is 212 g/mol. The predicted octanol–water partition coefficient (Wildman–Crippen LogP) is 1.79. The van der Waals surface area contributed by atoms with Gasteiger partial charge < -0.3 is 10.4 Å². The number of aliphatic carboxylic acids is 1. The van der Waals surface area contributed by atoms with Crippen LogP contribution in [0.3, 0.4) is 0 Å². The summed E-state index contributed by atoms with van der Waals surface area (Å²) in [6.45, 7) is 3.91. The van der Waals surface area contributed by atoms with Crippen molar-refractivity contribution in [1.29, 1.82) is 0 Å². The second-order valence-corrected chi connectivity index (χ2v) is 4.88. The number of anilines is 1. The van der Waals surface area contributed by atoms with Crippen molar-refractivity contribution in [3.63, 3.8) is 0 Å². The zero-order valence-electron chi connectivity index (χ0n) is 8.13. The van der Waals surface area contributed by atoms with Crippen molar-refractivity contribution in [3.8, 4) is 0 Å². The molecule has 1 aromatic heterocycles. The van der Waals surface area contributed by atoms with Crippen molar-refractivity contribution >= 4 is 22.4 Å². The Bertz CT molecular complexity index is 363. The van der Waals surface area contributed by atoms with Gasteiger partial charge in [-0.3, -0.25) is 0 Å². The number of thiazole rings is 1. The van der Waals surface area contributed by atoms with Crippen LogP contribution in [0.5, 0.6) is 0 Å². The quantitative estimate of drug-likeness (QED) is 0.801. The van der Waals surface area contributed by atoms with Gasteiger partial charge in [0.15, 0.2) is 5.13 Å². The van der Waals surface area contributed by atoms with Gasteiger partial charge in [0.05, 0.1) is 5.69 Å². The van der Waals surface area contributed by atoms with Crippen molar-refractivity contribution in [2.24, 2.45) is 0 Å². The average Bonchev–Trinajstić information content (AvgIpc) is 2.78. The van der Waals surface area contributed by atoms with Gasteiger partial charge in [-0.05, 0) is 26.7 Å². The summed E-state index contributed by atoms with van der Waals surface area (Å²) in [5, 5.41) is 12.7. The van der Waals surface area contributed by atoms with Crippen molar-refractivity contribution in [2.45, 2.75) is 32.2 Å². The highest BCUT2D eigenvalue weighted by molar-refractivity contribution is 7.15. The number of nitrogens with one attached hydrogen (secondary N) is 1. The summed E-state index contributed by atoms with van der Waals surface area (Å²) in [6, 6.07) is 0. The number of aryl methyl sites for hydroxylation is 2. The molecule has 1 aliphatic rings. The highest BCUT2D eigenvalue weighted by atomic mass is 32.1. The number of hydrogen-bond donors (Lipinski definition) is 2. The molecule has 5 heteroatoms. The summed E-state index contributed by atoms with van der Waals surface area (Å²) in [5.41, 5.74) is 0.246. The highest BCUT2D eigenvalue weighted by Gasteiger charge is 2.51. The molecule has 14 heavy (non-hydrogen) atoms. The van der Waals surface area contributed by atoms with Gasteiger partial charge >= 0.3 is 5.97 Å². The number of hydrogen-bond acceptors (Lipinski definition) is 4. The lowest BCUT2D eigenvalue weighted by atomic mass is 10.3. The van der Waals surface area contributed by atoms with Gasteiger partial charge in [-0.25, -0.2) is 9.78 Å². The molecular weight excluding hydrogens is 200 g/mol. The fourth-order valence-electron chi connectivity index (χ4n) is 1.25. The third-order valence-electron chi connectivity index (χ3n) is 2.53. The first kappa shape index (κ1) is 9.45.